The van der Waals surface area contributed by atoms with Gasteiger partial charge in [-0.1, -0.05) is 24.3 Å². The lowest BCUT2D eigenvalue weighted by Gasteiger charge is -1.98. The number of hydrogen-bond donors (Lipinski definition) is 1. The van der Waals surface area contributed by atoms with E-state index in [0.717, 1.165) is 23.0 Å². The smallest absolute Gasteiger partial charge is 0.125 e. The number of hydrogen-bond acceptors (Lipinski definition) is 0. The number of benzene rings is 2. The van der Waals surface area contributed by atoms with Gasteiger partial charge in [-0.25, -0.2) is 4.39 Å². The zero-order valence-electron chi connectivity index (χ0n) is 9.13. The van der Waals surface area contributed by atoms with Gasteiger partial charge in [0.2, 0.25) is 0 Å². The lowest BCUT2D eigenvalue weighted by atomic mass is 10.1. The molecule has 1 aliphatic carbocycles. The first-order chi connectivity index (χ1) is 8.33. The van der Waals surface area contributed by atoms with Gasteiger partial charge in [0.05, 0.1) is 5.69 Å². The third-order valence-corrected chi connectivity index (χ3v) is 3.52. The van der Waals surface area contributed by atoms with Crippen molar-refractivity contribution in [2.75, 3.05) is 0 Å². The number of rotatable bonds is 0. The van der Waals surface area contributed by atoms with Crippen LogP contribution < -0.4 is 0 Å². The molecule has 17 heavy (non-hydrogen) atoms. The van der Waals surface area contributed by atoms with Crippen LogP contribution in [0.3, 0.4) is 0 Å². The van der Waals surface area contributed by atoms with E-state index in [1.54, 1.807) is 6.07 Å². The van der Waals surface area contributed by atoms with Crippen LogP contribution in [-0.2, 0) is 6.42 Å². The highest BCUT2D eigenvalue weighted by molar-refractivity contribution is 5.94. The fourth-order valence-corrected chi connectivity index (χ4v) is 2.75. The van der Waals surface area contributed by atoms with Crippen molar-refractivity contribution in [1.29, 1.82) is 0 Å². The molecule has 1 aliphatic rings. The molecule has 1 aromatic heterocycles. The molecule has 0 saturated heterocycles. The van der Waals surface area contributed by atoms with Gasteiger partial charge >= 0.3 is 0 Å². The lowest BCUT2D eigenvalue weighted by molar-refractivity contribution is 0.629. The van der Waals surface area contributed by atoms with Crippen molar-refractivity contribution in [3.8, 4) is 11.3 Å². The Morgan fingerprint density at radius 2 is 1.94 bits per heavy atom. The second-order valence-corrected chi connectivity index (χ2v) is 4.50. The van der Waals surface area contributed by atoms with Crippen LogP contribution in [0.15, 0.2) is 42.5 Å². The van der Waals surface area contributed by atoms with E-state index in [0.29, 0.717) is 0 Å². The Kier molecular flexibility index (Phi) is 1.57. The molecule has 0 amide bonds. The van der Waals surface area contributed by atoms with E-state index in [1.807, 2.05) is 12.1 Å². The first-order valence-electron chi connectivity index (χ1n) is 5.71. The molecule has 0 bridgehead atoms. The largest absolute Gasteiger partial charge is 0.354 e. The Balaban J connectivity index is 2.08. The Hall–Kier alpha value is -2.09. The van der Waals surface area contributed by atoms with Crippen molar-refractivity contribution < 1.29 is 4.39 Å². The van der Waals surface area contributed by atoms with Crippen LogP contribution in [0, 0.1) is 5.82 Å². The number of H-pyrrole nitrogens is 1. The summed E-state index contributed by atoms with van der Waals surface area (Å²) in [4.78, 5) is 3.33. The third kappa shape index (κ3) is 1.12. The molecule has 0 aliphatic heterocycles. The summed E-state index contributed by atoms with van der Waals surface area (Å²) in [7, 11) is 0. The van der Waals surface area contributed by atoms with Crippen LogP contribution in [0.25, 0.3) is 22.2 Å². The van der Waals surface area contributed by atoms with E-state index in [-0.39, 0.29) is 5.82 Å². The van der Waals surface area contributed by atoms with E-state index >= 15 is 0 Å². The van der Waals surface area contributed by atoms with Gasteiger partial charge in [0.1, 0.15) is 5.82 Å². The maximum atomic E-state index is 13.2. The summed E-state index contributed by atoms with van der Waals surface area (Å²) in [5.74, 6) is -0.189. The van der Waals surface area contributed by atoms with E-state index in [9.17, 15) is 4.39 Å². The van der Waals surface area contributed by atoms with Gasteiger partial charge in [-0.05, 0) is 29.3 Å². The van der Waals surface area contributed by atoms with E-state index in [1.165, 1.54) is 22.8 Å². The van der Waals surface area contributed by atoms with Crippen molar-refractivity contribution in [3.63, 3.8) is 0 Å². The summed E-state index contributed by atoms with van der Waals surface area (Å²) in [6.07, 6.45) is 0.942. The summed E-state index contributed by atoms with van der Waals surface area (Å²) < 4.78 is 13.2. The van der Waals surface area contributed by atoms with Gasteiger partial charge in [0.25, 0.3) is 0 Å². The fraction of sp³-hybridized carbons (Fsp3) is 0.0667. The minimum absolute atomic E-state index is 0.189. The highest BCUT2D eigenvalue weighted by Gasteiger charge is 2.22. The molecular weight excluding hydrogens is 213 g/mol. The molecule has 0 spiro atoms. The molecule has 4 rings (SSSR count). The van der Waals surface area contributed by atoms with Crippen LogP contribution >= 0.6 is 0 Å². The fourth-order valence-electron chi connectivity index (χ4n) is 2.75. The number of halogens is 1. The second-order valence-electron chi connectivity index (χ2n) is 4.50. The molecule has 0 radical (unpaired) electrons. The lowest BCUT2D eigenvalue weighted by Crippen LogP contribution is -1.81. The zero-order valence-corrected chi connectivity index (χ0v) is 9.13. The quantitative estimate of drug-likeness (QED) is 0.465. The highest BCUT2D eigenvalue weighted by atomic mass is 19.1. The molecule has 0 fully saturated rings. The van der Waals surface area contributed by atoms with Gasteiger partial charge in [-0.2, -0.15) is 0 Å². The Morgan fingerprint density at radius 1 is 1.06 bits per heavy atom. The van der Waals surface area contributed by atoms with Gasteiger partial charge in [-0.3, -0.25) is 0 Å². The molecule has 82 valence electrons. The monoisotopic (exact) mass is 223 g/mol. The molecule has 2 heteroatoms. The van der Waals surface area contributed by atoms with Gasteiger partial charge < -0.3 is 4.98 Å². The molecule has 2 aromatic carbocycles. The van der Waals surface area contributed by atoms with Crippen LogP contribution in [0.4, 0.5) is 4.39 Å². The maximum absolute atomic E-state index is 13.2. The standard InChI is InChI=1S/C15H10FN/c16-10-5-6-12-13-7-9-3-1-2-4-11(9)15(13)17-14(12)8-10/h1-6,8,17H,7H2. The second kappa shape index (κ2) is 2.98. The predicted octanol–water partition coefficient (Wildman–Crippen LogP) is 3.88. The zero-order chi connectivity index (χ0) is 11.4. The highest BCUT2D eigenvalue weighted by Crippen LogP contribution is 2.40. The summed E-state index contributed by atoms with van der Waals surface area (Å²) >= 11 is 0. The number of aromatic nitrogens is 1. The van der Waals surface area contributed by atoms with Crippen molar-refractivity contribution in [2.45, 2.75) is 6.42 Å². The van der Waals surface area contributed by atoms with Crippen molar-refractivity contribution >= 4 is 10.9 Å². The van der Waals surface area contributed by atoms with Gasteiger partial charge in [0, 0.05) is 22.9 Å². The van der Waals surface area contributed by atoms with E-state index < -0.39 is 0 Å². The Bertz CT molecular complexity index is 740. The summed E-state index contributed by atoms with van der Waals surface area (Å²) in [6, 6.07) is 13.3. The summed E-state index contributed by atoms with van der Waals surface area (Å²) in [5, 5.41) is 1.14. The molecule has 1 nitrogen and oxygen atoms in total. The average molecular weight is 223 g/mol. The van der Waals surface area contributed by atoms with Crippen LogP contribution in [0.1, 0.15) is 11.1 Å². The van der Waals surface area contributed by atoms with E-state index in [2.05, 4.69) is 23.2 Å². The van der Waals surface area contributed by atoms with Crippen LogP contribution in [0.5, 0.6) is 0 Å². The third-order valence-electron chi connectivity index (χ3n) is 3.52. The molecule has 1 N–H and O–H groups in total. The average Bonchev–Trinajstić information content (AvgIpc) is 2.84. The van der Waals surface area contributed by atoms with Crippen molar-refractivity contribution in [1.82, 2.24) is 4.98 Å². The molecule has 0 unspecified atom stereocenters. The normalized spacial score (nSPS) is 12.8. The van der Waals surface area contributed by atoms with Crippen LogP contribution in [-0.4, -0.2) is 4.98 Å². The summed E-state index contributed by atoms with van der Waals surface area (Å²) in [5.41, 5.74) is 5.94. The minimum atomic E-state index is -0.189. The first kappa shape index (κ1) is 8.99. The number of aromatic amines is 1. The Labute approximate surface area is 97.9 Å². The Morgan fingerprint density at radius 3 is 2.88 bits per heavy atom. The minimum Gasteiger partial charge on any atom is -0.354 e. The SMILES string of the molecule is Fc1ccc2c3c([nH]c2c1)-c1ccccc1C3. The summed E-state index contributed by atoms with van der Waals surface area (Å²) in [6.45, 7) is 0. The van der Waals surface area contributed by atoms with Crippen molar-refractivity contribution in [3.05, 3.63) is 59.4 Å². The molecular formula is C15H10FN. The molecule has 0 saturated carbocycles. The first-order valence-corrected chi connectivity index (χ1v) is 5.71. The molecule has 1 heterocycles. The topological polar surface area (TPSA) is 15.8 Å². The number of nitrogens with one attached hydrogen (secondary N) is 1. The van der Waals surface area contributed by atoms with Crippen LogP contribution in [0.2, 0.25) is 0 Å². The maximum Gasteiger partial charge on any atom is 0.125 e. The van der Waals surface area contributed by atoms with Crippen molar-refractivity contribution in [2.24, 2.45) is 0 Å². The van der Waals surface area contributed by atoms with E-state index in [4.69, 9.17) is 0 Å². The van der Waals surface area contributed by atoms with Gasteiger partial charge in [0.15, 0.2) is 0 Å². The number of fused-ring (bicyclic) bond motifs is 5. The molecule has 0 atom stereocenters. The van der Waals surface area contributed by atoms with Gasteiger partial charge in [-0.15, -0.1) is 0 Å². The predicted molar refractivity (Wildman–Crippen MR) is 66.5 cm³/mol. The molecule has 3 aromatic rings.